The third kappa shape index (κ3) is 4.00. The molecule has 1 aromatic carbocycles. The van der Waals surface area contributed by atoms with E-state index in [4.69, 9.17) is 26.2 Å². The third-order valence-corrected chi connectivity index (χ3v) is 7.11. The van der Waals surface area contributed by atoms with Crippen LogP contribution in [0.25, 0.3) is 0 Å². The maximum atomic E-state index is 14.2. The molecule has 1 amide bonds. The molecule has 1 spiro atoms. The summed E-state index contributed by atoms with van der Waals surface area (Å²) >= 11 is 6.21. The van der Waals surface area contributed by atoms with Crippen molar-refractivity contribution in [3.05, 3.63) is 34.6 Å². The van der Waals surface area contributed by atoms with Gasteiger partial charge in [0.1, 0.15) is 5.82 Å². The van der Waals surface area contributed by atoms with Gasteiger partial charge in [-0.05, 0) is 37.8 Å². The van der Waals surface area contributed by atoms with Crippen molar-refractivity contribution in [3.8, 4) is 0 Å². The Kier molecular flexibility index (Phi) is 5.82. The summed E-state index contributed by atoms with van der Waals surface area (Å²) in [5.41, 5.74) is 0.455. The Hall–Kier alpha value is -1.70. The Labute approximate surface area is 174 Å². The summed E-state index contributed by atoms with van der Waals surface area (Å²) in [7, 11) is 0. The lowest BCUT2D eigenvalue weighted by Gasteiger charge is -2.29. The van der Waals surface area contributed by atoms with E-state index in [1.165, 1.54) is 6.07 Å². The van der Waals surface area contributed by atoms with Crippen LogP contribution >= 0.6 is 11.6 Å². The molecular formula is C21H26ClFN2O4. The number of likely N-dealkylation sites (tertiary alicyclic amines) is 1. The van der Waals surface area contributed by atoms with Gasteiger partial charge in [-0.1, -0.05) is 17.7 Å². The first-order valence-electron chi connectivity index (χ1n) is 10.2. The van der Waals surface area contributed by atoms with Crippen molar-refractivity contribution in [2.45, 2.75) is 43.9 Å². The number of hydrogen-bond acceptors (Lipinski definition) is 4. The highest BCUT2D eigenvalue weighted by Crippen LogP contribution is 2.55. The second-order valence-electron chi connectivity index (χ2n) is 8.52. The number of nitrogens with zero attached hydrogens (tertiary/aromatic N) is 1. The zero-order valence-corrected chi connectivity index (χ0v) is 16.9. The Morgan fingerprint density at radius 2 is 2.17 bits per heavy atom. The molecule has 1 saturated carbocycles. The van der Waals surface area contributed by atoms with Gasteiger partial charge in [-0.2, -0.15) is 0 Å². The lowest BCUT2D eigenvalue weighted by atomic mass is 9.73. The van der Waals surface area contributed by atoms with Crippen molar-refractivity contribution in [3.63, 3.8) is 0 Å². The Morgan fingerprint density at radius 1 is 1.41 bits per heavy atom. The van der Waals surface area contributed by atoms with Crippen LogP contribution in [-0.4, -0.2) is 53.7 Å². The number of rotatable bonds is 5. The van der Waals surface area contributed by atoms with Crippen LogP contribution in [0.15, 0.2) is 18.2 Å². The smallest absolute Gasteiger partial charge is 0.290 e. The van der Waals surface area contributed by atoms with Gasteiger partial charge in [0.2, 0.25) is 5.91 Å². The summed E-state index contributed by atoms with van der Waals surface area (Å²) in [6, 6.07) is 4.85. The molecule has 2 N–H and O–H groups in total. The van der Waals surface area contributed by atoms with Gasteiger partial charge in [-0.15, -0.1) is 0 Å². The number of benzene rings is 1. The molecule has 4 fully saturated rings. The molecule has 0 radical (unpaired) electrons. The highest BCUT2D eigenvalue weighted by Gasteiger charge is 2.62. The number of nitrogens with one attached hydrogen (secondary N) is 1. The predicted octanol–water partition coefficient (Wildman–Crippen LogP) is 2.69. The Balaban J connectivity index is 0.000000645. The average Bonchev–Trinajstić information content (AvgIpc) is 3.28. The molecular weight excluding hydrogens is 399 g/mol. The van der Waals surface area contributed by atoms with Gasteiger partial charge in [0.15, 0.2) is 0 Å². The fourth-order valence-electron chi connectivity index (χ4n) is 5.30. The van der Waals surface area contributed by atoms with Gasteiger partial charge in [-0.25, -0.2) is 4.39 Å². The average molecular weight is 425 g/mol. The second-order valence-corrected chi connectivity index (χ2v) is 8.93. The van der Waals surface area contributed by atoms with Gasteiger partial charge < -0.3 is 15.2 Å². The number of amides is 1. The van der Waals surface area contributed by atoms with E-state index >= 15 is 0 Å². The normalized spacial score (nSPS) is 32.4. The van der Waals surface area contributed by atoms with Crippen molar-refractivity contribution in [1.29, 1.82) is 0 Å². The largest absolute Gasteiger partial charge is 0.483 e. The summed E-state index contributed by atoms with van der Waals surface area (Å²) in [6.45, 7) is 2.68. The number of carbonyl (C=O) groups is 2. The van der Waals surface area contributed by atoms with Crippen molar-refractivity contribution in [2.75, 3.05) is 19.6 Å². The van der Waals surface area contributed by atoms with Crippen molar-refractivity contribution in [2.24, 2.45) is 17.8 Å². The minimum atomic E-state index is -0.250. The van der Waals surface area contributed by atoms with E-state index in [1.54, 1.807) is 12.1 Å². The van der Waals surface area contributed by atoms with E-state index in [9.17, 15) is 9.18 Å². The van der Waals surface area contributed by atoms with Crippen molar-refractivity contribution >= 4 is 24.0 Å². The molecule has 5 rings (SSSR count). The first-order valence-corrected chi connectivity index (χ1v) is 10.5. The van der Waals surface area contributed by atoms with Crippen LogP contribution in [-0.2, 0) is 20.9 Å². The summed E-state index contributed by atoms with van der Waals surface area (Å²) in [5, 5.41) is 10.5. The minimum absolute atomic E-state index is 0.114. The molecule has 1 aliphatic carbocycles. The van der Waals surface area contributed by atoms with Gasteiger partial charge >= 0.3 is 0 Å². The van der Waals surface area contributed by atoms with Gasteiger partial charge in [0.05, 0.1) is 11.7 Å². The summed E-state index contributed by atoms with van der Waals surface area (Å²) in [6.07, 6.45) is 4.45. The molecule has 3 saturated heterocycles. The highest BCUT2D eigenvalue weighted by atomic mass is 35.5. The minimum Gasteiger partial charge on any atom is -0.483 e. The highest BCUT2D eigenvalue weighted by molar-refractivity contribution is 6.31. The van der Waals surface area contributed by atoms with E-state index in [-0.39, 0.29) is 35.8 Å². The topological polar surface area (TPSA) is 78.9 Å². The zero-order valence-electron chi connectivity index (χ0n) is 16.2. The number of fused-ring (bicyclic) bond motifs is 1. The Bertz CT molecular complexity index is 770. The summed E-state index contributed by atoms with van der Waals surface area (Å²) < 4.78 is 20.6. The maximum Gasteiger partial charge on any atom is 0.290 e. The van der Waals surface area contributed by atoms with E-state index in [2.05, 4.69) is 10.2 Å². The van der Waals surface area contributed by atoms with Crippen LogP contribution in [0, 0.1) is 23.6 Å². The van der Waals surface area contributed by atoms with E-state index in [0.29, 0.717) is 35.5 Å². The first-order chi connectivity index (χ1) is 14.0. The van der Waals surface area contributed by atoms with Gasteiger partial charge in [0, 0.05) is 54.5 Å². The SMILES string of the molecule is O=C(NC[C@H]1[C@H]2CN(Cc3c(F)cccc3Cl)C[C@]23CC[C@H]1O3)C1CC1.O=CO. The predicted molar refractivity (Wildman–Crippen MR) is 105 cm³/mol. The van der Waals surface area contributed by atoms with E-state index < -0.39 is 0 Å². The van der Waals surface area contributed by atoms with Crippen LogP contribution < -0.4 is 5.32 Å². The Morgan fingerprint density at radius 3 is 2.86 bits per heavy atom. The molecule has 29 heavy (non-hydrogen) atoms. The quantitative estimate of drug-likeness (QED) is 0.710. The van der Waals surface area contributed by atoms with Gasteiger partial charge in [0.25, 0.3) is 6.47 Å². The molecule has 3 aliphatic heterocycles. The second kappa shape index (κ2) is 8.20. The lowest BCUT2D eigenvalue weighted by molar-refractivity contribution is -0.123. The molecule has 0 aromatic heterocycles. The third-order valence-electron chi connectivity index (χ3n) is 6.76. The van der Waals surface area contributed by atoms with E-state index in [0.717, 1.165) is 38.8 Å². The first kappa shape index (κ1) is 20.6. The number of carbonyl (C=O) groups excluding carboxylic acids is 1. The summed E-state index contributed by atoms with van der Waals surface area (Å²) in [5.74, 6) is 0.978. The number of ether oxygens (including phenoxy) is 1. The molecule has 1 aromatic rings. The van der Waals surface area contributed by atoms with Crippen LogP contribution in [0.3, 0.4) is 0 Å². The molecule has 6 nitrogen and oxygen atoms in total. The van der Waals surface area contributed by atoms with Crippen molar-refractivity contribution in [1.82, 2.24) is 10.2 Å². The fraction of sp³-hybridized carbons (Fsp3) is 0.619. The summed E-state index contributed by atoms with van der Waals surface area (Å²) in [4.78, 5) is 22.7. The fourth-order valence-corrected chi connectivity index (χ4v) is 5.52. The number of carboxylic acid groups (broad SMARTS) is 1. The van der Waals surface area contributed by atoms with Crippen LogP contribution in [0.2, 0.25) is 5.02 Å². The lowest BCUT2D eigenvalue weighted by Crippen LogP contribution is -2.42. The number of halogens is 2. The number of hydrogen-bond donors (Lipinski definition) is 2. The maximum absolute atomic E-state index is 14.2. The monoisotopic (exact) mass is 424 g/mol. The van der Waals surface area contributed by atoms with Crippen LogP contribution in [0.5, 0.6) is 0 Å². The zero-order chi connectivity index (χ0) is 20.6. The molecule has 4 atom stereocenters. The van der Waals surface area contributed by atoms with Gasteiger partial charge in [-0.3, -0.25) is 14.5 Å². The molecule has 0 unspecified atom stereocenters. The van der Waals surface area contributed by atoms with E-state index in [1.807, 2.05) is 0 Å². The van der Waals surface area contributed by atoms with Crippen LogP contribution in [0.1, 0.15) is 31.2 Å². The molecule has 3 heterocycles. The molecule has 4 aliphatic rings. The van der Waals surface area contributed by atoms with Crippen LogP contribution in [0.4, 0.5) is 4.39 Å². The molecule has 158 valence electrons. The standard InChI is InChI=1S/C20H24ClFN2O2.CH2O2/c21-16-2-1-3-17(22)14(16)9-24-10-15-13(8-23-19(25)12-4-5-12)18-6-7-20(15,11-24)26-18;2-1-3/h1-3,12-13,15,18H,4-11H2,(H,23,25);1H,(H,2,3)/t13-,15+,18+,20+;/m0./s1. The van der Waals surface area contributed by atoms with Crippen molar-refractivity contribution < 1.29 is 23.8 Å². The molecule has 8 heteroatoms. The molecule has 2 bridgehead atoms.